The van der Waals surface area contributed by atoms with Gasteiger partial charge in [-0.2, -0.15) is 0 Å². The maximum atomic E-state index is 4.47. The van der Waals surface area contributed by atoms with Crippen molar-refractivity contribution in [1.29, 1.82) is 0 Å². The lowest BCUT2D eigenvalue weighted by molar-refractivity contribution is -1.02. The molecule has 4 rings (SSSR count). The quantitative estimate of drug-likeness (QED) is 0.721. The molecule has 1 aromatic rings. The number of hydrogen-bond donors (Lipinski definition) is 2. The molecule has 0 spiro atoms. The Labute approximate surface area is 127 Å². The van der Waals surface area contributed by atoms with Gasteiger partial charge in [-0.05, 0) is 36.8 Å². The van der Waals surface area contributed by atoms with Crippen LogP contribution in [0.25, 0.3) is 0 Å². The maximum absolute atomic E-state index is 4.47. The van der Waals surface area contributed by atoms with Gasteiger partial charge >= 0.3 is 0 Å². The van der Waals surface area contributed by atoms with Gasteiger partial charge in [0, 0.05) is 12.1 Å². The molecule has 1 saturated heterocycles. The van der Waals surface area contributed by atoms with Crippen LogP contribution in [0.5, 0.6) is 0 Å². The summed E-state index contributed by atoms with van der Waals surface area (Å²) in [6.07, 6.45) is 9.80. The average Bonchev–Trinajstić information content (AvgIpc) is 3.13. The first-order chi connectivity index (χ1) is 10.4. The van der Waals surface area contributed by atoms with Gasteiger partial charge in [0.15, 0.2) is 0 Å². The fourth-order valence-electron chi connectivity index (χ4n) is 4.60. The topological polar surface area (TPSA) is 21.8 Å². The lowest BCUT2D eigenvalue weighted by Gasteiger charge is -2.32. The van der Waals surface area contributed by atoms with Crippen LogP contribution in [-0.4, -0.2) is 37.7 Å². The van der Waals surface area contributed by atoms with Crippen LogP contribution in [0.15, 0.2) is 36.5 Å². The summed E-state index contributed by atoms with van der Waals surface area (Å²) in [4.78, 5) is 8.03. The predicted molar refractivity (Wildman–Crippen MR) is 83.0 cm³/mol. The van der Waals surface area contributed by atoms with E-state index in [0.29, 0.717) is 0 Å². The van der Waals surface area contributed by atoms with Gasteiger partial charge in [0.25, 0.3) is 0 Å². The third-order valence-corrected chi connectivity index (χ3v) is 5.79. The molecule has 1 aromatic heterocycles. The highest BCUT2D eigenvalue weighted by Gasteiger charge is 2.38. The van der Waals surface area contributed by atoms with Crippen molar-refractivity contribution in [3.8, 4) is 0 Å². The van der Waals surface area contributed by atoms with E-state index in [1.807, 2.05) is 17.2 Å². The van der Waals surface area contributed by atoms with Crippen molar-refractivity contribution >= 4 is 0 Å². The highest BCUT2D eigenvalue weighted by Crippen LogP contribution is 2.42. The number of piperazine rings is 1. The summed E-state index contributed by atoms with van der Waals surface area (Å²) in [6.45, 7) is 7.83. The van der Waals surface area contributed by atoms with Crippen LogP contribution < -0.4 is 9.80 Å². The summed E-state index contributed by atoms with van der Waals surface area (Å²) in [5, 5.41) is 0. The van der Waals surface area contributed by atoms with Crippen LogP contribution in [0.3, 0.4) is 0 Å². The summed E-state index contributed by atoms with van der Waals surface area (Å²) >= 11 is 0. The fourth-order valence-corrected chi connectivity index (χ4v) is 4.60. The molecule has 112 valence electrons. The number of hydrogen-bond acceptors (Lipinski definition) is 1. The van der Waals surface area contributed by atoms with Crippen LogP contribution in [0.1, 0.15) is 18.5 Å². The predicted octanol–water partition coefficient (Wildman–Crippen LogP) is -0.423. The molecule has 2 N–H and O–H groups in total. The van der Waals surface area contributed by atoms with Crippen molar-refractivity contribution in [1.82, 2.24) is 4.98 Å². The van der Waals surface area contributed by atoms with Gasteiger partial charge in [-0.15, -0.1) is 0 Å². The van der Waals surface area contributed by atoms with E-state index in [0.717, 1.165) is 24.3 Å². The standard InChI is InChI=1S/C18H25N3/c1-2-6-19-18(3-1)14-21-9-7-20(8-10-21)13-17-12-15-4-5-16(17)11-15/h1-6,15-17H,7-14H2/p+2/t15-,16-,17-/m0/s1. The second-order valence-corrected chi connectivity index (χ2v) is 7.24. The first kappa shape index (κ1) is 13.5. The van der Waals surface area contributed by atoms with Gasteiger partial charge in [-0.1, -0.05) is 18.2 Å². The minimum atomic E-state index is 0.918. The Kier molecular flexibility index (Phi) is 3.78. The van der Waals surface area contributed by atoms with Crippen LogP contribution in [0, 0.1) is 17.8 Å². The number of aromatic nitrogens is 1. The third-order valence-electron chi connectivity index (χ3n) is 5.79. The minimum Gasteiger partial charge on any atom is -0.325 e. The molecule has 1 saturated carbocycles. The fraction of sp³-hybridized carbons (Fsp3) is 0.611. The Bertz CT molecular complexity index is 490. The molecule has 0 aromatic carbocycles. The minimum absolute atomic E-state index is 0.918. The first-order valence-electron chi connectivity index (χ1n) is 8.62. The number of nitrogens with one attached hydrogen (secondary N) is 2. The van der Waals surface area contributed by atoms with Crippen LogP contribution in [-0.2, 0) is 6.54 Å². The highest BCUT2D eigenvalue weighted by molar-refractivity contribution is 5.09. The molecule has 3 nitrogen and oxygen atoms in total. The molecule has 2 bridgehead atoms. The molecular weight excluding hydrogens is 258 g/mol. The zero-order chi connectivity index (χ0) is 14.1. The molecule has 2 heterocycles. The summed E-state index contributed by atoms with van der Waals surface area (Å²) < 4.78 is 0. The molecule has 0 unspecified atom stereocenters. The van der Waals surface area contributed by atoms with Crippen molar-refractivity contribution in [2.24, 2.45) is 17.8 Å². The van der Waals surface area contributed by atoms with Gasteiger partial charge < -0.3 is 9.80 Å². The summed E-state index contributed by atoms with van der Waals surface area (Å²) in [5.41, 5.74) is 1.24. The van der Waals surface area contributed by atoms with Gasteiger partial charge in [-0.3, -0.25) is 4.98 Å². The monoisotopic (exact) mass is 285 g/mol. The maximum Gasteiger partial charge on any atom is 0.127 e. The highest BCUT2D eigenvalue weighted by atomic mass is 15.3. The van der Waals surface area contributed by atoms with E-state index in [9.17, 15) is 0 Å². The number of quaternary nitrogens is 2. The molecule has 3 aliphatic rings. The van der Waals surface area contributed by atoms with Crippen molar-refractivity contribution < 1.29 is 9.80 Å². The van der Waals surface area contributed by atoms with E-state index in [-0.39, 0.29) is 0 Å². The number of fused-ring (bicyclic) bond motifs is 2. The number of nitrogens with zero attached hydrogens (tertiary/aromatic N) is 1. The van der Waals surface area contributed by atoms with Gasteiger partial charge in [0.2, 0.25) is 0 Å². The normalized spacial score (nSPS) is 38.0. The van der Waals surface area contributed by atoms with Crippen molar-refractivity contribution in [2.45, 2.75) is 19.4 Å². The summed E-state index contributed by atoms with van der Waals surface area (Å²) in [7, 11) is 0. The summed E-state index contributed by atoms with van der Waals surface area (Å²) in [6, 6.07) is 6.27. The van der Waals surface area contributed by atoms with Crippen LogP contribution in [0.4, 0.5) is 0 Å². The van der Waals surface area contributed by atoms with E-state index in [1.54, 1.807) is 4.90 Å². The van der Waals surface area contributed by atoms with Gasteiger partial charge in [0.05, 0.1) is 12.2 Å². The molecule has 21 heavy (non-hydrogen) atoms. The average molecular weight is 285 g/mol. The van der Waals surface area contributed by atoms with Crippen molar-refractivity contribution in [2.75, 3.05) is 32.7 Å². The van der Waals surface area contributed by atoms with E-state index >= 15 is 0 Å². The molecule has 0 radical (unpaired) electrons. The second-order valence-electron chi connectivity index (χ2n) is 7.24. The van der Waals surface area contributed by atoms with E-state index < -0.39 is 0 Å². The van der Waals surface area contributed by atoms with Gasteiger partial charge in [0.1, 0.15) is 32.7 Å². The molecular formula is C18H27N3+2. The lowest BCUT2D eigenvalue weighted by Crippen LogP contribution is -3.27. The Morgan fingerprint density at radius 2 is 1.86 bits per heavy atom. The molecule has 0 amide bonds. The number of rotatable bonds is 4. The number of pyridine rings is 1. The van der Waals surface area contributed by atoms with Crippen LogP contribution in [0.2, 0.25) is 0 Å². The smallest absolute Gasteiger partial charge is 0.127 e. The zero-order valence-corrected chi connectivity index (χ0v) is 12.8. The van der Waals surface area contributed by atoms with E-state index in [4.69, 9.17) is 0 Å². The molecule has 3 atom stereocenters. The second kappa shape index (κ2) is 5.90. The molecule has 2 fully saturated rings. The molecule has 1 aliphatic heterocycles. The third kappa shape index (κ3) is 3.04. The van der Waals surface area contributed by atoms with Gasteiger partial charge in [-0.25, -0.2) is 0 Å². The van der Waals surface area contributed by atoms with Crippen LogP contribution >= 0.6 is 0 Å². The van der Waals surface area contributed by atoms with Crippen molar-refractivity contribution in [3.05, 3.63) is 42.2 Å². The summed E-state index contributed by atoms with van der Waals surface area (Å²) in [5.74, 6) is 2.82. The Balaban J connectivity index is 1.24. The number of allylic oxidation sites excluding steroid dienone is 2. The van der Waals surface area contributed by atoms with E-state index in [2.05, 4.69) is 29.3 Å². The Hall–Kier alpha value is -1.19. The first-order valence-corrected chi connectivity index (χ1v) is 8.62. The largest absolute Gasteiger partial charge is 0.325 e. The zero-order valence-electron chi connectivity index (χ0n) is 12.8. The lowest BCUT2D eigenvalue weighted by atomic mass is 9.93. The molecule has 2 aliphatic carbocycles. The van der Waals surface area contributed by atoms with Crippen molar-refractivity contribution in [3.63, 3.8) is 0 Å². The van der Waals surface area contributed by atoms with E-state index in [1.165, 1.54) is 51.3 Å². The SMILES string of the molecule is C1=C[C@H]2C[C@H]1C[C@H]2C[NH+]1CC[NH+](Cc2ccccn2)CC1. The Morgan fingerprint density at radius 3 is 2.52 bits per heavy atom. The molecule has 3 heteroatoms. The Morgan fingerprint density at radius 1 is 1.00 bits per heavy atom.